The van der Waals surface area contributed by atoms with Gasteiger partial charge in [0.15, 0.2) is 0 Å². The van der Waals surface area contributed by atoms with Gasteiger partial charge in [-0.1, -0.05) is 19.1 Å². The van der Waals surface area contributed by atoms with Crippen LogP contribution in [-0.4, -0.2) is 39.5 Å². The summed E-state index contributed by atoms with van der Waals surface area (Å²) in [6, 6.07) is 6.70. The minimum absolute atomic E-state index is 0.218. The van der Waals surface area contributed by atoms with Crippen LogP contribution >= 0.6 is 11.3 Å². The van der Waals surface area contributed by atoms with Crippen LogP contribution in [0.15, 0.2) is 36.7 Å². The third-order valence-electron chi connectivity index (χ3n) is 5.92. The second-order valence-electron chi connectivity index (χ2n) is 8.44. The molecule has 5 nitrogen and oxygen atoms in total. The first-order valence-corrected chi connectivity index (χ1v) is 11.5. The van der Waals surface area contributed by atoms with Gasteiger partial charge in [-0.2, -0.15) is 0 Å². The number of hydrogen-bond acceptors (Lipinski definition) is 6. The zero-order valence-electron chi connectivity index (χ0n) is 17.2. The van der Waals surface area contributed by atoms with Crippen molar-refractivity contribution >= 4 is 17.3 Å². The molecule has 2 aromatic heterocycles. The van der Waals surface area contributed by atoms with E-state index in [1.165, 1.54) is 23.8 Å². The van der Waals surface area contributed by atoms with Gasteiger partial charge in [-0.3, -0.25) is 4.90 Å². The summed E-state index contributed by atoms with van der Waals surface area (Å²) < 4.78 is 13.6. The number of hydrogen-bond donors (Lipinski definition) is 0. The summed E-state index contributed by atoms with van der Waals surface area (Å²) >= 11 is 1.68. The van der Waals surface area contributed by atoms with Gasteiger partial charge in [0.25, 0.3) is 0 Å². The zero-order chi connectivity index (χ0) is 20.5. The molecule has 156 valence electrons. The van der Waals surface area contributed by atoms with Crippen LogP contribution in [0.1, 0.15) is 35.9 Å². The highest BCUT2D eigenvalue weighted by Gasteiger charge is 2.22. The SMILES string of the molecule is CC1CCCN(c2ncc(CN3CCc4nc(-c5cccc(F)c5)sc4C3)cn2)C1. The third-order valence-corrected chi connectivity index (χ3v) is 7.05. The molecule has 1 unspecified atom stereocenters. The smallest absolute Gasteiger partial charge is 0.225 e. The number of rotatable bonds is 4. The second kappa shape index (κ2) is 8.40. The van der Waals surface area contributed by atoms with Crippen LogP contribution in [0.5, 0.6) is 0 Å². The Morgan fingerprint density at radius 1 is 1.20 bits per heavy atom. The molecule has 5 rings (SSSR count). The normalized spacial score (nSPS) is 19.7. The van der Waals surface area contributed by atoms with Crippen LogP contribution in [0.25, 0.3) is 10.6 Å². The number of aromatic nitrogens is 3. The topological polar surface area (TPSA) is 45.2 Å². The fourth-order valence-corrected chi connectivity index (χ4v) is 5.50. The average Bonchev–Trinajstić information content (AvgIpc) is 3.18. The Labute approximate surface area is 180 Å². The van der Waals surface area contributed by atoms with Crippen LogP contribution in [0, 0.1) is 11.7 Å². The van der Waals surface area contributed by atoms with Gasteiger partial charge in [0.2, 0.25) is 5.95 Å². The molecule has 1 atom stereocenters. The predicted molar refractivity (Wildman–Crippen MR) is 118 cm³/mol. The van der Waals surface area contributed by atoms with Crippen molar-refractivity contribution in [2.24, 2.45) is 5.92 Å². The first-order chi connectivity index (χ1) is 14.6. The van der Waals surface area contributed by atoms with Gasteiger partial charge >= 0.3 is 0 Å². The summed E-state index contributed by atoms with van der Waals surface area (Å²) in [5.41, 5.74) is 3.15. The molecule has 0 aliphatic carbocycles. The molecule has 0 saturated carbocycles. The Balaban J connectivity index is 1.24. The van der Waals surface area contributed by atoms with Gasteiger partial charge in [0.1, 0.15) is 10.8 Å². The molecule has 3 aromatic rings. The Hall–Kier alpha value is -2.38. The summed E-state index contributed by atoms with van der Waals surface area (Å²) in [5.74, 6) is 1.35. The highest BCUT2D eigenvalue weighted by Crippen LogP contribution is 2.32. The molecule has 0 radical (unpaired) electrons. The average molecular weight is 424 g/mol. The highest BCUT2D eigenvalue weighted by atomic mass is 32.1. The van der Waals surface area contributed by atoms with E-state index in [0.717, 1.165) is 66.9 Å². The number of fused-ring (bicyclic) bond motifs is 1. The Kier molecular flexibility index (Phi) is 5.48. The lowest BCUT2D eigenvalue weighted by Gasteiger charge is -2.31. The van der Waals surface area contributed by atoms with Gasteiger partial charge in [-0.25, -0.2) is 19.3 Å². The van der Waals surface area contributed by atoms with Crippen molar-refractivity contribution in [2.75, 3.05) is 24.5 Å². The van der Waals surface area contributed by atoms with E-state index >= 15 is 0 Å². The van der Waals surface area contributed by atoms with Crippen molar-refractivity contribution < 1.29 is 4.39 Å². The minimum atomic E-state index is -0.218. The van der Waals surface area contributed by atoms with E-state index in [1.807, 2.05) is 18.5 Å². The van der Waals surface area contributed by atoms with Crippen molar-refractivity contribution in [3.05, 3.63) is 58.6 Å². The van der Waals surface area contributed by atoms with Crippen LogP contribution < -0.4 is 4.90 Å². The number of benzene rings is 1. The van der Waals surface area contributed by atoms with Crippen molar-refractivity contribution in [3.63, 3.8) is 0 Å². The van der Waals surface area contributed by atoms with Crippen LogP contribution in [0.2, 0.25) is 0 Å². The van der Waals surface area contributed by atoms with E-state index in [4.69, 9.17) is 4.98 Å². The summed E-state index contributed by atoms with van der Waals surface area (Å²) in [6.07, 6.45) is 7.38. The fourth-order valence-electron chi connectivity index (χ4n) is 4.35. The van der Waals surface area contributed by atoms with E-state index in [-0.39, 0.29) is 5.82 Å². The molecule has 1 saturated heterocycles. The molecular formula is C23H26FN5S. The van der Waals surface area contributed by atoms with Crippen LogP contribution in [-0.2, 0) is 19.5 Å². The number of anilines is 1. The summed E-state index contributed by atoms with van der Waals surface area (Å²) in [6.45, 7) is 7.07. The molecule has 1 fully saturated rings. The maximum Gasteiger partial charge on any atom is 0.225 e. The first kappa shape index (κ1) is 19.6. The van der Waals surface area contributed by atoms with Crippen molar-refractivity contribution in [1.29, 1.82) is 0 Å². The lowest BCUT2D eigenvalue weighted by Crippen LogP contribution is -2.35. The molecule has 0 amide bonds. The predicted octanol–water partition coefficient (Wildman–Crippen LogP) is 4.53. The van der Waals surface area contributed by atoms with E-state index in [9.17, 15) is 4.39 Å². The molecule has 0 bridgehead atoms. The molecule has 30 heavy (non-hydrogen) atoms. The lowest BCUT2D eigenvalue weighted by molar-refractivity contribution is 0.246. The fraction of sp³-hybridized carbons (Fsp3) is 0.435. The zero-order valence-corrected chi connectivity index (χ0v) is 18.0. The van der Waals surface area contributed by atoms with Gasteiger partial charge in [-0.05, 0) is 30.9 Å². The highest BCUT2D eigenvalue weighted by molar-refractivity contribution is 7.15. The molecule has 0 N–H and O–H groups in total. The largest absolute Gasteiger partial charge is 0.341 e. The van der Waals surface area contributed by atoms with Crippen molar-refractivity contribution in [1.82, 2.24) is 19.9 Å². The van der Waals surface area contributed by atoms with Gasteiger partial charge < -0.3 is 4.90 Å². The molecule has 2 aliphatic rings. The van der Waals surface area contributed by atoms with Crippen molar-refractivity contribution in [3.8, 4) is 10.6 Å². The molecular weight excluding hydrogens is 397 g/mol. The minimum Gasteiger partial charge on any atom is -0.341 e. The number of nitrogens with zero attached hydrogens (tertiary/aromatic N) is 5. The molecule has 0 spiro atoms. The van der Waals surface area contributed by atoms with E-state index in [1.54, 1.807) is 23.5 Å². The maximum absolute atomic E-state index is 13.6. The quantitative estimate of drug-likeness (QED) is 0.617. The number of thiazole rings is 1. The monoisotopic (exact) mass is 423 g/mol. The second-order valence-corrected chi connectivity index (χ2v) is 9.53. The number of halogens is 1. The summed E-state index contributed by atoms with van der Waals surface area (Å²) in [5, 5.41) is 0.907. The Bertz CT molecular complexity index is 1020. The first-order valence-electron chi connectivity index (χ1n) is 10.7. The number of piperidine rings is 1. The Morgan fingerprint density at radius 3 is 2.87 bits per heavy atom. The molecule has 7 heteroatoms. The summed E-state index contributed by atoms with van der Waals surface area (Å²) in [7, 11) is 0. The van der Waals surface area contributed by atoms with Gasteiger partial charge in [-0.15, -0.1) is 11.3 Å². The van der Waals surface area contributed by atoms with Crippen LogP contribution in [0.4, 0.5) is 10.3 Å². The van der Waals surface area contributed by atoms with E-state index in [2.05, 4.69) is 26.7 Å². The maximum atomic E-state index is 13.6. The molecule has 2 aliphatic heterocycles. The van der Waals surface area contributed by atoms with E-state index < -0.39 is 0 Å². The lowest BCUT2D eigenvalue weighted by atomic mass is 10.0. The summed E-state index contributed by atoms with van der Waals surface area (Å²) in [4.78, 5) is 20.0. The third kappa shape index (κ3) is 4.23. The standard InChI is InChI=1S/C23H26FN5S/c1-16-4-3-8-29(13-16)23-25-11-17(12-26-23)14-28-9-7-20-21(15-28)30-22(27-20)18-5-2-6-19(24)10-18/h2,5-6,10-12,16H,3-4,7-9,13-15H2,1H3. The molecule has 4 heterocycles. The van der Waals surface area contributed by atoms with Gasteiger partial charge in [0, 0.05) is 67.5 Å². The van der Waals surface area contributed by atoms with Crippen LogP contribution in [0.3, 0.4) is 0 Å². The van der Waals surface area contributed by atoms with E-state index in [0.29, 0.717) is 5.92 Å². The Morgan fingerprint density at radius 2 is 2.07 bits per heavy atom. The van der Waals surface area contributed by atoms with Gasteiger partial charge in [0.05, 0.1) is 5.69 Å². The molecule has 1 aromatic carbocycles. The van der Waals surface area contributed by atoms with Crippen molar-refractivity contribution in [2.45, 2.75) is 39.3 Å².